The van der Waals surface area contributed by atoms with Crippen LogP contribution in [0.15, 0.2) is 91.0 Å². The van der Waals surface area contributed by atoms with Gasteiger partial charge in [-0.1, -0.05) is 91.0 Å². The van der Waals surface area contributed by atoms with E-state index in [9.17, 15) is 14.9 Å². The number of ketones is 1. The molecule has 3 aromatic rings. The fraction of sp³-hybridized carbons (Fsp3) is 0.0476. The van der Waals surface area contributed by atoms with Gasteiger partial charge in [0.15, 0.2) is 0 Å². The van der Waals surface area contributed by atoms with E-state index in [0.29, 0.717) is 0 Å². The average Bonchev–Trinajstić information content (AvgIpc) is 2.67. The molecule has 0 aliphatic carbocycles. The zero-order valence-corrected chi connectivity index (χ0v) is 15.2. The topological polar surface area (TPSA) is 60.2 Å². The van der Waals surface area contributed by atoms with Crippen LogP contribution in [0, 0.1) is 10.1 Å². The van der Waals surface area contributed by atoms with E-state index in [4.69, 9.17) is 0 Å². The van der Waals surface area contributed by atoms with Crippen LogP contribution in [-0.4, -0.2) is 16.1 Å². The van der Waals surface area contributed by atoms with Gasteiger partial charge >= 0.3 is 5.42 Å². The molecule has 26 heavy (non-hydrogen) atoms. The number of carbonyl (C=O) groups excluding carboxylic acids is 1. The molecule has 0 atom stereocenters. The second kappa shape index (κ2) is 7.51. The number of hydrogen-bond donors (Lipinski definition) is 0. The van der Waals surface area contributed by atoms with Gasteiger partial charge in [0, 0.05) is 6.92 Å². The Bertz CT molecular complexity index is 864. The zero-order chi connectivity index (χ0) is 18.6. The molecule has 0 saturated heterocycles. The Morgan fingerprint density at radius 1 is 0.731 bits per heavy atom. The second-order valence-corrected chi connectivity index (χ2v) is 9.13. The van der Waals surface area contributed by atoms with Crippen molar-refractivity contribution in [1.82, 2.24) is 0 Å². The van der Waals surface area contributed by atoms with Crippen molar-refractivity contribution in [3.63, 3.8) is 0 Å². The zero-order valence-electron chi connectivity index (χ0n) is 14.3. The minimum atomic E-state index is -2.91. The Labute approximate surface area is 152 Å². The van der Waals surface area contributed by atoms with Crippen LogP contribution >= 0.6 is 6.89 Å². The lowest BCUT2D eigenvalue weighted by Gasteiger charge is -2.27. The summed E-state index contributed by atoms with van der Waals surface area (Å²) in [7, 11) is 0. The van der Waals surface area contributed by atoms with Crippen LogP contribution in [0.5, 0.6) is 0 Å². The third-order valence-corrected chi connectivity index (χ3v) is 8.57. The maximum atomic E-state index is 12.5. The number of Topliss-reactive ketones (excluding diaryl/α,β-unsaturated/α-hetero) is 1. The molecule has 0 aromatic heterocycles. The molecule has 0 spiro atoms. The third kappa shape index (κ3) is 3.00. The summed E-state index contributed by atoms with van der Waals surface area (Å²) in [4.78, 5) is 24.1. The molecule has 0 aliphatic rings. The smallest absolute Gasteiger partial charge is 0.287 e. The van der Waals surface area contributed by atoms with Crippen molar-refractivity contribution < 1.29 is 9.72 Å². The van der Waals surface area contributed by atoms with Gasteiger partial charge in [-0.15, -0.1) is 0 Å². The van der Waals surface area contributed by atoms with Crippen LogP contribution in [-0.2, 0) is 4.79 Å². The van der Waals surface area contributed by atoms with E-state index < -0.39 is 17.6 Å². The van der Waals surface area contributed by atoms with Gasteiger partial charge in [0.2, 0.25) is 5.78 Å². The highest BCUT2D eigenvalue weighted by Gasteiger charge is 2.39. The molecule has 0 heterocycles. The first-order valence-electron chi connectivity index (χ1n) is 8.17. The Morgan fingerprint density at radius 2 is 1.04 bits per heavy atom. The Balaban J connectivity index is 2.64. The average molecular weight is 363 g/mol. The van der Waals surface area contributed by atoms with Gasteiger partial charge in [-0.05, 0) is 15.9 Å². The van der Waals surface area contributed by atoms with Crippen molar-refractivity contribution in [2.24, 2.45) is 0 Å². The molecular formula is C21H18NO3P. The van der Waals surface area contributed by atoms with Gasteiger partial charge in [-0.2, -0.15) is 0 Å². The molecule has 0 amide bonds. The van der Waals surface area contributed by atoms with E-state index in [0.717, 1.165) is 15.9 Å². The molecule has 0 fully saturated rings. The highest BCUT2D eigenvalue weighted by Crippen LogP contribution is 2.46. The summed E-state index contributed by atoms with van der Waals surface area (Å²) >= 11 is 0. The monoisotopic (exact) mass is 363 g/mol. The van der Waals surface area contributed by atoms with E-state index in [2.05, 4.69) is 0 Å². The second-order valence-electron chi connectivity index (χ2n) is 5.81. The molecule has 5 heteroatoms. The maximum Gasteiger partial charge on any atom is 0.315 e. The maximum absolute atomic E-state index is 12.5. The van der Waals surface area contributed by atoms with Gasteiger partial charge in [-0.25, -0.2) is 0 Å². The molecule has 0 N–H and O–H groups in total. The Morgan fingerprint density at radius 3 is 1.27 bits per heavy atom. The highest BCUT2D eigenvalue weighted by molar-refractivity contribution is 7.96. The van der Waals surface area contributed by atoms with Gasteiger partial charge in [0.1, 0.15) is 0 Å². The lowest BCUT2D eigenvalue weighted by atomic mass is 10.4. The molecule has 4 nitrogen and oxygen atoms in total. The summed E-state index contributed by atoms with van der Waals surface area (Å²) < 4.78 is 0. The first-order chi connectivity index (χ1) is 12.6. The number of carbonyl (C=O) groups is 1. The molecule has 3 aromatic carbocycles. The van der Waals surface area contributed by atoms with Crippen LogP contribution in [0.25, 0.3) is 0 Å². The van der Waals surface area contributed by atoms with Gasteiger partial charge in [0.25, 0.3) is 0 Å². The quantitative estimate of drug-likeness (QED) is 0.398. The first-order valence-corrected chi connectivity index (χ1v) is 9.96. The molecule has 130 valence electrons. The van der Waals surface area contributed by atoms with Crippen LogP contribution in [0.1, 0.15) is 6.92 Å². The largest absolute Gasteiger partial charge is 0.315 e. The summed E-state index contributed by atoms with van der Waals surface area (Å²) in [6.45, 7) is -1.63. The van der Waals surface area contributed by atoms with Crippen molar-refractivity contribution in [3.05, 3.63) is 101 Å². The number of nitro groups is 1. The Hall–Kier alpha value is -2.97. The van der Waals surface area contributed by atoms with Crippen molar-refractivity contribution in [1.29, 1.82) is 0 Å². The van der Waals surface area contributed by atoms with E-state index in [1.807, 2.05) is 91.0 Å². The fourth-order valence-corrected chi connectivity index (χ4v) is 7.46. The van der Waals surface area contributed by atoms with Crippen molar-refractivity contribution in [2.45, 2.75) is 6.92 Å². The number of hydrogen-bond acceptors (Lipinski definition) is 3. The number of benzene rings is 3. The van der Waals surface area contributed by atoms with Gasteiger partial charge < -0.3 is 0 Å². The molecule has 0 bridgehead atoms. The summed E-state index contributed by atoms with van der Waals surface area (Å²) in [5.41, 5.74) is -0.249. The van der Waals surface area contributed by atoms with E-state index in [1.54, 1.807) is 0 Å². The number of nitrogens with zero attached hydrogens (tertiary/aromatic N) is 1. The fourth-order valence-electron chi connectivity index (χ4n) is 3.26. The van der Waals surface area contributed by atoms with Crippen molar-refractivity contribution >= 4 is 34.0 Å². The van der Waals surface area contributed by atoms with E-state index >= 15 is 0 Å². The third-order valence-electron chi connectivity index (χ3n) is 4.24. The molecule has 0 unspecified atom stereocenters. The van der Waals surface area contributed by atoms with Crippen LogP contribution in [0.2, 0.25) is 0 Å². The lowest BCUT2D eigenvalue weighted by molar-refractivity contribution is -0.344. The molecule has 0 saturated carbocycles. The predicted octanol–water partition coefficient (Wildman–Crippen LogP) is 2.98. The van der Waals surface area contributed by atoms with Crippen LogP contribution in [0.3, 0.4) is 0 Å². The number of rotatable bonds is 5. The summed E-state index contributed by atoms with van der Waals surface area (Å²) in [6.07, 6.45) is 0. The van der Waals surface area contributed by atoms with Crippen LogP contribution < -0.4 is 15.9 Å². The summed E-state index contributed by atoms with van der Waals surface area (Å²) in [6, 6.07) is 28.0. The highest BCUT2D eigenvalue weighted by atomic mass is 31.2. The van der Waals surface area contributed by atoms with Gasteiger partial charge in [-0.3, -0.25) is 14.9 Å². The SMILES string of the molecule is CC(=O)C([N+](=O)[O-])=P(c1ccccc1)(c1ccccc1)c1ccccc1. The van der Waals surface area contributed by atoms with Crippen LogP contribution in [0.4, 0.5) is 0 Å². The van der Waals surface area contributed by atoms with Gasteiger partial charge in [0.05, 0.1) is 11.8 Å². The molecule has 0 aliphatic heterocycles. The van der Waals surface area contributed by atoms with E-state index in [-0.39, 0.29) is 5.42 Å². The predicted molar refractivity (Wildman–Crippen MR) is 108 cm³/mol. The van der Waals surface area contributed by atoms with E-state index in [1.165, 1.54) is 6.92 Å². The lowest BCUT2D eigenvalue weighted by Crippen LogP contribution is -2.36. The minimum Gasteiger partial charge on any atom is -0.287 e. The molecule has 0 radical (unpaired) electrons. The van der Waals surface area contributed by atoms with Crippen molar-refractivity contribution in [2.75, 3.05) is 0 Å². The summed E-state index contributed by atoms with van der Waals surface area (Å²) in [5, 5.41) is 14.5. The van der Waals surface area contributed by atoms with Crippen molar-refractivity contribution in [3.8, 4) is 0 Å². The molecular weight excluding hydrogens is 345 g/mol. The normalized spacial score (nSPS) is 11.0. The minimum absolute atomic E-state index is 0.249. The Kier molecular flexibility index (Phi) is 5.15. The standard InChI is InChI=1S/C21H18NO3P/c1-17(23)21(22(24)25)26(18-11-5-2-6-12-18,19-13-7-3-8-14-19)20-15-9-4-10-16-20/h2-16H,1H3. The molecule has 3 rings (SSSR count). The first kappa shape index (κ1) is 17.8. The summed E-state index contributed by atoms with van der Waals surface area (Å²) in [5.74, 6) is -0.514.